The van der Waals surface area contributed by atoms with Crippen LogP contribution in [-0.4, -0.2) is 23.2 Å². The predicted octanol–water partition coefficient (Wildman–Crippen LogP) is 2.89. The van der Waals surface area contributed by atoms with E-state index in [1.54, 1.807) is 6.07 Å². The van der Waals surface area contributed by atoms with E-state index < -0.39 is 0 Å². The van der Waals surface area contributed by atoms with Crippen molar-refractivity contribution in [2.45, 2.75) is 18.8 Å². The van der Waals surface area contributed by atoms with Crippen LogP contribution < -0.4 is 5.32 Å². The fourth-order valence-corrected chi connectivity index (χ4v) is 2.78. The molecular weight excluding hydrogens is 313 g/mol. The molecule has 1 aromatic carbocycles. The molecule has 1 aromatic heterocycles. The molecule has 0 bridgehead atoms. The molecule has 1 N–H and O–H groups in total. The summed E-state index contributed by atoms with van der Waals surface area (Å²) in [5.74, 6) is 0.810. The Morgan fingerprint density at radius 2 is 2.32 bits per heavy atom. The normalized spacial score (nSPS) is 22.9. The molecule has 1 atom stereocenters. The maximum absolute atomic E-state index is 13.1. The number of rotatable bonds is 2. The van der Waals surface area contributed by atoms with Crippen molar-refractivity contribution >= 4 is 15.9 Å². The summed E-state index contributed by atoms with van der Waals surface area (Å²) in [5.41, 5.74) is 0.614. The van der Waals surface area contributed by atoms with Gasteiger partial charge in [-0.2, -0.15) is 4.98 Å². The van der Waals surface area contributed by atoms with E-state index in [1.165, 1.54) is 12.1 Å². The first-order valence-corrected chi connectivity index (χ1v) is 6.88. The number of aromatic nitrogens is 2. The smallest absolute Gasteiger partial charge is 0.234 e. The van der Waals surface area contributed by atoms with E-state index in [0.29, 0.717) is 16.2 Å². The highest BCUT2D eigenvalue weighted by Gasteiger charge is 2.36. The van der Waals surface area contributed by atoms with Gasteiger partial charge in [-0.3, -0.25) is 0 Å². The van der Waals surface area contributed by atoms with Gasteiger partial charge in [-0.1, -0.05) is 5.16 Å². The SMILES string of the molecule is CC1(c2nc(-c3ccc(F)cc3Br)no2)CCNC1. The lowest BCUT2D eigenvalue weighted by atomic mass is 9.90. The number of benzene rings is 1. The standard InChI is InChI=1S/C13H13BrFN3O/c1-13(4-5-16-7-13)12-17-11(18-19-12)9-3-2-8(15)6-10(9)14/h2-3,6,16H,4-5,7H2,1H3. The summed E-state index contributed by atoms with van der Waals surface area (Å²) in [6, 6.07) is 4.42. The third kappa shape index (κ3) is 2.30. The lowest BCUT2D eigenvalue weighted by Gasteiger charge is -2.15. The van der Waals surface area contributed by atoms with Gasteiger partial charge in [0.2, 0.25) is 11.7 Å². The van der Waals surface area contributed by atoms with Crippen LogP contribution in [0.15, 0.2) is 27.2 Å². The molecule has 3 rings (SSSR count). The Balaban J connectivity index is 1.97. The Morgan fingerprint density at radius 1 is 1.47 bits per heavy atom. The number of nitrogens with one attached hydrogen (secondary N) is 1. The number of nitrogens with zero attached hydrogens (tertiary/aromatic N) is 2. The molecule has 19 heavy (non-hydrogen) atoms. The fraction of sp³-hybridized carbons (Fsp3) is 0.385. The maximum atomic E-state index is 13.1. The van der Waals surface area contributed by atoms with E-state index in [9.17, 15) is 4.39 Å². The van der Waals surface area contributed by atoms with Gasteiger partial charge in [0.1, 0.15) is 5.82 Å². The summed E-state index contributed by atoms with van der Waals surface area (Å²) < 4.78 is 19.1. The number of hydrogen-bond donors (Lipinski definition) is 1. The summed E-state index contributed by atoms with van der Waals surface area (Å²) in [7, 11) is 0. The topological polar surface area (TPSA) is 51.0 Å². The second-order valence-corrected chi connectivity index (χ2v) is 5.89. The highest BCUT2D eigenvalue weighted by molar-refractivity contribution is 9.10. The molecule has 0 saturated carbocycles. The zero-order valence-electron chi connectivity index (χ0n) is 10.4. The zero-order valence-corrected chi connectivity index (χ0v) is 12.0. The van der Waals surface area contributed by atoms with Crippen molar-refractivity contribution in [1.82, 2.24) is 15.5 Å². The molecule has 1 saturated heterocycles. The van der Waals surface area contributed by atoms with Crippen LogP contribution in [0.2, 0.25) is 0 Å². The number of hydrogen-bond acceptors (Lipinski definition) is 4. The average Bonchev–Trinajstić information content (AvgIpc) is 2.99. The second kappa shape index (κ2) is 4.68. The molecule has 2 aromatic rings. The first kappa shape index (κ1) is 12.7. The van der Waals surface area contributed by atoms with Crippen molar-refractivity contribution in [2.75, 3.05) is 13.1 Å². The van der Waals surface area contributed by atoms with E-state index >= 15 is 0 Å². The minimum absolute atomic E-state index is 0.113. The third-order valence-electron chi connectivity index (χ3n) is 3.48. The first-order valence-electron chi connectivity index (χ1n) is 6.09. The summed E-state index contributed by atoms with van der Waals surface area (Å²) in [6.07, 6.45) is 0.971. The summed E-state index contributed by atoms with van der Waals surface area (Å²) in [6.45, 7) is 3.89. The molecule has 0 amide bonds. The molecule has 1 unspecified atom stereocenters. The van der Waals surface area contributed by atoms with Gasteiger partial charge in [0.25, 0.3) is 0 Å². The Kier molecular flexibility index (Phi) is 3.14. The van der Waals surface area contributed by atoms with Crippen LogP contribution in [-0.2, 0) is 5.41 Å². The van der Waals surface area contributed by atoms with Crippen LogP contribution in [0, 0.1) is 5.82 Å². The predicted molar refractivity (Wildman–Crippen MR) is 72.2 cm³/mol. The van der Waals surface area contributed by atoms with E-state index in [2.05, 4.69) is 38.3 Å². The van der Waals surface area contributed by atoms with E-state index in [0.717, 1.165) is 25.1 Å². The minimum atomic E-state index is -0.300. The first-order chi connectivity index (χ1) is 9.08. The van der Waals surface area contributed by atoms with E-state index in [-0.39, 0.29) is 11.2 Å². The largest absolute Gasteiger partial charge is 0.338 e. The van der Waals surface area contributed by atoms with Crippen molar-refractivity contribution in [2.24, 2.45) is 0 Å². The Morgan fingerprint density at radius 3 is 3.00 bits per heavy atom. The second-order valence-electron chi connectivity index (χ2n) is 5.03. The van der Waals surface area contributed by atoms with Gasteiger partial charge < -0.3 is 9.84 Å². The van der Waals surface area contributed by atoms with E-state index in [4.69, 9.17) is 4.52 Å². The molecule has 100 valence electrons. The Bertz CT molecular complexity index is 608. The molecule has 6 heteroatoms. The van der Waals surface area contributed by atoms with Crippen molar-refractivity contribution in [3.05, 3.63) is 34.4 Å². The van der Waals surface area contributed by atoms with Gasteiger partial charge in [-0.15, -0.1) is 0 Å². The van der Waals surface area contributed by atoms with Gasteiger partial charge in [-0.25, -0.2) is 4.39 Å². The monoisotopic (exact) mass is 325 g/mol. The van der Waals surface area contributed by atoms with Gasteiger partial charge in [0.15, 0.2) is 0 Å². The average molecular weight is 326 g/mol. The zero-order chi connectivity index (χ0) is 13.5. The third-order valence-corrected chi connectivity index (χ3v) is 4.14. The lowest BCUT2D eigenvalue weighted by molar-refractivity contribution is 0.306. The minimum Gasteiger partial charge on any atom is -0.338 e. The molecule has 2 heterocycles. The van der Waals surface area contributed by atoms with Crippen LogP contribution in [0.1, 0.15) is 19.2 Å². The lowest BCUT2D eigenvalue weighted by Crippen LogP contribution is -2.25. The van der Waals surface area contributed by atoms with Crippen molar-refractivity contribution < 1.29 is 8.91 Å². The van der Waals surface area contributed by atoms with Gasteiger partial charge in [0, 0.05) is 16.6 Å². The highest BCUT2D eigenvalue weighted by atomic mass is 79.9. The molecule has 0 spiro atoms. The van der Waals surface area contributed by atoms with Crippen molar-refractivity contribution in [1.29, 1.82) is 0 Å². The quantitative estimate of drug-likeness (QED) is 0.922. The van der Waals surface area contributed by atoms with Crippen LogP contribution in [0.25, 0.3) is 11.4 Å². The molecule has 0 radical (unpaired) electrons. The van der Waals surface area contributed by atoms with Crippen molar-refractivity contribution in [3.63, 3.8) is 0 Å². The Hall–Kier alpha value is -1.27. The molecule has 0 aliphatic carbocycles. The molecule has 1 aliphatic heterocycles. The highest BCUT2D eigenvalue weighted by Crippen LogP contribution is 2.32. The number of halogens is 2. The van der Waals surface area contributed by atoms with E-state index in [1.807, 2.05) is 0 Å². The van der Waals surface area contributed by atoms with Crippen LogP contribution in [0.5, 0.6) is 0 Å². The van der Waals surface area contributed by atoms with Gasteiger partial charge in [0.05, 0.1) is 5.41 Å². The molecule has 1 aliphatic rings. The van der Waals surface area contributed by atoms with Crippen LogP contribution in [0.3, 0.4) is 0 Å². The molecule has 4 nitrogen and oxygen atoms in total. The fourth-order valence-electron chi connectivity index (χ4n) is 2.25. The molecule has 1 fully saturated rings. The van der Waals surface area contributed by atoms with Gasteiger partial charge >= 0.3 is 0 Å². The Labute approximate surface area is 118 Å². The summed E-state index contributed by atoms with van der Waals surface area (Å²) in [5, 5.41) is 7.29. The maximum Gasteiger partial charge on any atom is 0.234 e. The van der Waals surface area contributed by atoms with Crippen molar-refractivity contribution in [3.8, 4) is 11.4 Å². The van der Waals surface area contributed by atoms with Gasteiger partial charge in [-0.05, 0) is 54.0 Å². The summed E-state index contributed by atoms with van der Waals surface area (Å²) >= 11 is 3.32. The van der Waals surface area contributed by atoms with Crippen LogP contribution >= 0.6 is 15.9 Å². The van der Waals surface area contributed by atoms with Crippen LogP contribution in [0.4, 0.5) is 4.39 Å². The summed E-state index contributed by atoms with van der Waals surface area (Å²) in [4.78, 5) is 4.45. The molecular formula is C13H13BrFN3O.